The maximum Gasteiger partial charge on any atom is 0.127 e. The van der Waals surface area contributed by atoms with E-state index in [1.54, 1.807) is 12.3 Å². The van der Waals surface area contributed by atoms with Crippen molar-refractivity contribution >= 4 is 21.8 Å². The third-order valence-electron chi connectivity index (χ3n) is 7.15. The number of nitrogens with zero attached hydrogens (tertiary/aromatic N) is 3. The molecule has 0 saturated heterocycles. The van der Waals surface area contributed by atoms with Gasteiger partial charge in [-0.05, 0) is 58.7 Å². The Kier molecular flexibility index (Phi) is 6.22. The molecule has 0 amide bonds. The van der Waals surface area contributed by atoms with Crippen LogP contribution in [0.25, 0.3) is 55.6 Å². The first-order chi connectivity index (χ1) is 20.1. The Bertz CT molecular complexity index is 1990. The van der Waals surface area contributed by atoms with Crippen molar-refractivity contribution in [2.75, 3.05) is 0 Å². The lowest BCUT2D eigenvalue weighted by molar-refractivity contribution is 0.469. The summed E-state index contributed by atoms with van der Waals surface area (Å²) in [6, 6.07) is 26.3. The van der Waals surface area contributed by atoms with E-state index in [1.165, 1.54) is 11.6 Å². The monoisotopic (exact) mass is 540 g/mol. The maximum atomic E-state index is 14.1. The van der Waals surface area contributed by atoms with Crippen LogP contribution in [0.15, 0.2) is 104 Å². The van der Waals surface area contributed by atoms with Gasteiger partial charge in [0.1, 0.15) is 17.3 Å². The fraction of sp³-hybridized carbons (Fsp3) is 0.0606. The molecule has 41 heavy (non-hydrogen) atoms. The standard InChI is InChI=1S/C33H25FN6O/c34-24-10-22(11-25(41)12-24)26-7-4-8-29-27(26)13-31(38-29)33-28-14-30(37-19-32(28)39-40-33)23-9-21(17-36-18-23)16-35-15-20-5-2-1-3-6-20/h1-14,17-19,35,38,41H,15-16H2,(H,39,40). The van der Waals surface area contributed by atoms with Crippen molar-refractivity contribution in [3.63, 3.8) is 0 Å². The van der Waals surface area contributed by atoms with Gasteiger partial charge in [0.05, 0.1) is 23.1 Å². The topological polar surface area (TPSA) is 103 Å². The van der Waals surface area contributed by atoms with Crippen molar-refractivity contribution in [3.8, 4) is 39.5 Å². The number of hydrogen-bond donors (Lipinski definition) is 4. The average Bonchev–Trinajstić information content (AvgIpc) is 3.61. The Labute approximate surface area is 234 Å². The number of aromatic amines is 2. The normalized spacial score (nSPS) is 11.4. The molecule has 0 aliphatic rings. The molecule has 7 nitrogen and oxygen atoms in total. The van der Waals surface area contributed by atoms with Gasteiger partial charge < -0.3 is 15.4 Å². The number of phenolic OH excluding ortho intramolecular Hbond substituents is 1. The molecule has 0 aliphatic heterocycles. The summed E-state index contributed by atoms with van der Waals surface area (Å²) in [4.78, 5) is 12.6. The summed E-state index contributed by atoms with van der Waals surface area (Å²) in [6.07, 6.45) is 5.47. The van der Waals surface area contributed by atoms with Crippen molar-refractivity contribution in [1.82, 2.24) is 30.5 Å². The van der Waals surface area contributed by atoms with E-state index in [0.717, 1.165) is 68.2 Å². The first-order valence-corrected chi connectivity index (χ1v) is 13.3. The third-order valence-corrected chi connectivity index (χ3v) is 7.15. The van der Waals surface area contributed by atoms with Crippen LogP contribution in [-0.2, 0) is 13.1 Å². The molecule has 0 radical (unpaired) electrons. The Morgan fingerprint density at radius 2 is 1.63 bits per heavy atom. The van der Waals surface area contributed by atoms with Crippen molar-refractivity contribution in [3.05, 3.63) is 120 Å². The molecule has 200 valence electrons. The first kappa shape index (κ1) is 24.7. The average molecular weight is 541 g/mol. The molecule has 0 saturated carbocycles. The molecule has 7 rings (SSSR count). The molecular formula is C33H25FN6O. The van der Waals surface area contributed by atoms with Gasteiger partial charge in [0, 0.05) is 53.4 Å². The van der Waals surface area contributed by atoms with Gasteiger partial charge in [-0.15, -0.1) is 0 Å². The zero-order chi connectivity index (χ0) is 27.8. The molecule has 0 aliphatic carbocycles. The number of rotatable bonds is 7. The number of halogens is 1. The van der Waals surface area contributed by atoms with E-state index in [9.17, 15) is 9.50 Å². The smallest absolute Gasteiger partial charge is 0.127 e. The van der Waals surface area contributed by atoms with Gasteiger partial charge in [-0.2, -0.15) is 5.10 Å². The summed E-state index contributed by atoms with van der Waals surface area (Å²) in [5.74, 6) is -0.603. The summed E-state index contributed by atoms with van der Waals surface area (Å²) in [5, 5.41) is 22.9. The Morgan fingerprint density at radius 3 is 2.51 bits per heavy atom. The van der Waals surface area contributed by atoms with E-state index in [1.807, 2.05) is 60.9 Å². The minimum atomic E-state index is -0.489. The molecule has 0 spiro atoms. The molecule has 8 heteroatoms. The minimum absolute atomic E-state index is 0.114. The highest BCUT2D eigenvalue weighted by molar-refractivity contribution is 6.01. The lowest BCUT2D eigenvalue weighted by Crippen LogP contribution is -2.12. The third kappa shape index (κ3) is 4.92. The van der Waals surface area contributed by atoms with Gasteiger partial charge in [0.2, 0.25) is 0 Å². The molecule has 0 atom stereocenters. The molecule has 3 aromatic carbocycles. The first-order valence-electron chi connectivity index (χ1n) is 13.3. The quantitative estimate of drug-likeness (QED) is 0.175. The largest absolute Gasteiger partial charge is 0.508 e. The Morgan fingerprint density at radius 1 is 0.756 bits per heavy atom. The highest BCUT2D eigenvalue weighted by Crippen LogP contribution is 2.36. The predicted octanol–water partition coefficient (Wildman–Crippen LogP) is 6.97. The molecule has 4 aromatic heterocycles. The zero-order valence-electron chi connectivity index (χ0n) is 21.9. The van der Waals surface area contributed by atoms with Crippen LogP contribution in [0.2, 0.25) is 0 Å². The van der Waals surface area contributed by atoms with Gasteiger partial charge in [-0.25, -0.2) is 4.39 Å². The van der Waals surface area contributed by atoms with Crippen molar-refractivity contribution < 1.29 is 9.50 Å². The number of fused-ring (bicyclic) bond motifs is 2. The SMILES string of the molecule is Oc1cc(F)cc(-c2cccc3[nH]c(-c4n[nH]c5cnc(-c6cncc(CNCc7ccccc7)c6)cc45)cc23)c1. The van der Waals surface area contributed by atoms with Crippen LogP contribution in [0, 0.1) is 5.82 Å². The molecular weight excluding hydrogens is 515 g/mol. The lowest BCUT2D eigenvalue weighted by atomic mass is 10.0. The number of phenols is 1. The molecule has 0 unspecified atom stereocenters. The van der Waals surface area contributed by atoms with Crippen molar-refractivity contribution in [2.24, 2.45) is 0 Å². The maximum absolute atomic E-state index is 14.1. The van der Waals surface area contributed by atoms with Gasteiger partial charge in [0.15, 0.2) is 0 Å². The number of aromatic hydroxyl groups is 1. The van der Waals surface area contributed by atoms with Crippen LogP contribution < -0.4 is 5.32 Å². The van der Waals surface area contributed by atoms with E-state index >= 15 is 0 Å². The zero-order valence-corrected chi connectivity index (χ0v) is 21.9. The van der Waals surface area contributed by atoms with Crippen LogP contribution in [-0.4, -0.2) is 30.3 Å². The van der Waals surface area contributed by atoms with E-state index in [-0.39, 0.29) is 5.75 Å². The highest BCUT2D eigenvalue weighted by Gasteiger charge is 2.15. The van der Waals surface area contributed by atoms with Gasteiger partial charge in [-0.1, -0.05) is 42.5 Å². The fourth-order valence-electron chi connectivity index (χ4n) is 5.22. The van der Waals surface area contributed by atoms with Crippen LogP contribution in [0.4, 0.5) is 4.39 Å². The van der Waals surface area contributed by atoms with Crippen LogP contribution in [0.5, 0.6) is 5.75 Å². The number of aromatic nitrogens is 5. The summed E-state index contributed by atoms with van der Waals surface area (Å²) >= 11 is 0. The second-order valence-electron chi connectivity index (χ2n) is 10.0. The van der Waals surface area contributed by atoms with E-state index in [2.05, 4.69) is 48.7 Å². The Balaban J connectivity index is 1.21. The molecule has 0 bridgehead atoms. The number of H-pyrrole nitrogens is 2. The summed E-state index contributed by atoms with van der Waals surface area (Å²) < 4.78 is 14.1. The number of nitrogens with one attached hydrogen (secondary N) is 3. The second kappa shape index (κ2) is 10.3. The van der Waals surface area contributed by atoms with Crippen LogP contribution in [0.1, 0.15) is 11.1 Å². The van der Waals surface area contributed by atoms with Crippen molar-refractivity contribution in [2.45, 2.75) is 13.1 Å². The lowest BCUT2D eigenvalue weighted by Gasteiger charge is -2.07. The molecule has 4 heterocycles. The predicted molar refractivity (Wildman–Crippen MR) is 158 cm³/mol. The fourth-order valence-corrected chi connectivity index (χ4v) is 5.22. The van der Waals surface area contributed by atoms with E-state index in [4.69, 9.17) is 0 Å². The molecule has 7 aromatic rings. The van der Waals surface area contributed by atoms with E-state index < -0.39 is 5.82 Å². The summed E-state index contributed by atoms with van der Waals surface area (Å²) in [7, 11) is 0. The van der Waals surface area contributed by atoms with Crippen molar-refractivity contribution in [1.29, 1.82) is 0 Å². The number of pyridine rings is 2. The number of benzene rings is 3. The second-order valence-corrected chi connectivity index (χ2v) is 10.0. The van der Waals surface area contributed by atoms with Gasteiger partial charge in [0.25, 0.3) is 0 Å². The van der Waals surface area contributed by atoms with Crippen LogP contribution in [0.3, 0.4) is 0 Å². The molecule has 0 fully saturated rings. The number of hydrogen-bond acceptors (Lipinski definition) is 5. The van der Waals surface area contributed by atoms with E-state index in [0.29, 0.717) is 12.1 Å². The minimum Gasteiger partial charge on any atom is -0.508 e. The van der Waals surface area contributed by atoms with Crippen LogP contribution >= 0.6 is 0 Å². The summed E-state index contributed by atoms with van der Waals surface area (Å²) in [5.41, 5.74) is 8.68. The highest BCUT2D eigenvalue weighted by atomic mass is 19.1. The van der Waals surface area contributed by atoms with Gasteiger partial charge in [-0.3, -0.25) is 15.1 Å². The molecule has 4 N–H and O–H groups in total. The van der Waals surface area contributed by atoms with Gasteiger partial charge >= 0.3 is 0 Å². The Hall–Kier alpha value is -5.34. The summed E-state index contributed by atoms with van der Waals surface area (Å²) in [6.45, 7) is 1.47.